The number of nitrogens with zero attached hydrogens (tertiary/aromatic N) is 4. The van der Waals surface area contributed by atoms with Crippen molar-refractivity contribution in [3.63, 3.8) is 0 Å². The van der Waals surface area contributed by atoms with Gasteiger partial charge in [0.05, 0.1) is 11.7 Å². The van der Waals surface area contributed by atoms with Crippen LogP contribution < -0.4 is 0 Å². The van der Waals surface area contributed by atoms with Gasteiger partial charge in [0, 0.05) is 35.8 Å². The molecular formula is C15H15ClN4O. The van der Waals surface area contributed by atoms with Crippen molar-refractivity contribution in [1.82, 2.24) is 19.9 Å². The molecule has 0 unspecified atom stereocenters. The zero-order valence-electron chi connectivity index (χ0n) is 11.4. The molecule has 0 radical (unpaired) electrons. The van der Waals surface area contributed by atoms with Gasteiger partial charge >= 0.3 is 0 Å². The van der Waals surface area contributed by atoms with E-state index in [4.69, 9.17) is 11.6 Å². The Kier molecular flexibility index (Phi) is 2.96. The lowest BCUT2D eigenvalue weighted by Gasteiger charge is -2.38. The van der Waals surface area contributed by atoms with Crippen LogP contribution in [0.4, 0.5) is 0 Å². The Balaban J connectivity index is 1.39. The molecule has 1 aliphatic carbocycles. The van der Waals surface area contributed by atoms with Crippen molar-refractivity contribution in [2.24, 2.45) is 0 Å². The first-order chi connectivity index (χ1) is 10.2. The number of rotatable bonds is 3. The molecule has 0 atom stereocenters. The molecule has 108 valence electrons. The van der Waals surface area contributed by atoms with E-state index in [1.807, 2.05) is 15.8 Å². The number of amides is 1. The van der Waals surface area contributed by atoms with Gasteiger partial charge < -0.3 is 4.90 Å². The molecule has 1 aromatic heterocycles. The Morgan fingerprint density at radius 1 is 1.19 bits per heavy atom. The zero-order valence-corrected chi connectivity index (χ0v) is 12.2. The largest absolute Gasteiger partial charge is 0.334 e. The molecule has 1 amide bonds. The van der Waals surface area contributed by atoms with Crippen LogP contribution in [0.1, 0.15) is 40.9 Å². The fraction of sp³-hybridized carbons (Fsp3) is 0.400. The second kappa shape index (κ2) is 4.84. The molecular weight excluding hydrogens is 288 g/mol. The van der Waals surface area contributed by atoms with Crippen molar-refractivity contribution in [1.29, 1.82) is 0 Å². The van der Waals surface area contributed by atoms with Crippen molar-refractivity contribution < 1.29 is 4.79 Å². The van der Waals surface area contributed by atoms with Gasteiger partial charge in [-0.3, -0.25) is 4.79 Å². The summed E-state index contributed by atoms with van der Waals surface area (Å²) >= 11 is 5.84. The van der Waals surface area contributed by atoms with E-state index in [0.717, 1.165) is 5.69 Å². The van der Waals surface area contributed by atoms with Gasteiger partial charge in [0.2, 0.25) is 0 Å². The molecule has 6 heteroatoms. The normalized spacial score (nSPS) is 18.6. The van der Waals surface area contributed by atoms with Gasteiger partial charge in [-0.25, -0.2) is 4.68 Å². The predicted molar refractivity (Wildman–Crippen MR) is 78.4 cm³/mol. The summed E-state index contributed by atoms with van der Waals surface area (Å²) in [6.07, 6.45) is 4.49. The zero-order chi connectivity index (χ0) is 14.4. The average molecular weight is 303 g/mol. The van der Waals surface area contributed by atoms with Crippen LogP contribution in [0.5, 0.6) is 0 Å². The van der Waals surface area contributed by atoms with Crippen molar-refractivity contribution >= 4 is 17.5 Å². The molecule has 1 aliphatic heterocycles. The molecule has 4 rings (SSSR count). The van der Waals surface area contributed by atoms with Crippen LogP contribution in [-0.2, 0) is 0 Å². The van der Waals surface area contributed by atoms with E-state index in [2.05, 4.69) is 10.3 Å². The Labute approximate surface area is 127 Å². The molecule has 5 nitrogen and oxygen atoms in total. The maximum Gasteiger partial charge on any atom is 0.254 e. The SMILES string of the molecule is O=C(c1ccc(Cl)cc1)N1CC(n2cc(C3CC3)nn2)C1. The molecule has 2 aliphatic rings. The fourth-order valence-corrected chi connectivity index (χ4v) is 2.72. The smallest absolute Gasteiger partial charge is 0.254 e. The van der Waals surface area contributed by atoms with E-state index < -0.39 is 0 Å². The Morgan fingerprint density at radius 2 is 1.90 bits per heavy atom. The number of likely N-dealkylation sites (tertiary alicyclic amines) is 1. The maximum absolute atomic E-state index is 12.3. The van der Waals surface area contributed by atoms with Crippen LogP contribution >= 0.6 is 11.6 Å². The fourth-order valence-electron chi connectivity index (χ4n) is 2.60. The van der Waals surface area contributed by atoms with Crippen LogP contribution in [0, 0.1) is 0 Å². The number of carbonyl (C=O) groups excluding carboxylic acids is 1. The van der Waals surface area contributed by atoms with Gasteiger partial charge in [0.15, 0.2) is 0 Å². The summed E-state index contributed by atoms with van der Waals surface area (Å²) < 4.78 is 1.90. The van der Waals surface area contributed by atoms with Gasteiger partial charge in [0.1, 0.15) is 0 Å². The van der Waals surface area contributed by atoms with Gasteiger partial charge in [-0.05, 0) is 37.1 Å². The van der Waals surface area contributed by atoms with Gasteiger partial charge in [-0.15, -0.1) is 5.10 Å². The number of hydrogen-bond acceptors (Lipinski definition) is 3. The molecule has 1 saturated heterocycles. The highest BCUT2D eigenvalue weighted by Crippen LogP contribution is 2.39. The first-order valence-electron chi connectivity index (χ1n) is 7.17. The van der Waals surface area contributed by atoms with E-state index in [9.17, 15) is 4.79 Å². The summed E-state index contributed by atoms with van der Waals surface area (Å²) in [6.45, 7) is 1.38. The highest BCUT2D eigenvalue weighted by Gasteiger charge is 2.34. The third-order valence-electron chi connectivity index (χ3n) is 4.14. The van der Waals surface area contributed by atoms with E-state index in [0.29, 0.717) is 29.6 Å². The topological polar surface area (TPSA) is 51.0 Å². The third-order valence-corrected chi connectivity index (χ3v) is 4.39. The van der Waals surface area contributed by atoms with Gasteiger partial charge in [-0.1, -0.05) is 16.8 Å². The number of hydrogen-bond donors (Lipinski definition) is 0. The third kappa shape index (κ3) is 2.42. The first-order valence-corrected chi connectivity index (χ1v) is 7.55. The van der Waals surface area contributed by atoms with Crippen LogP contribution in [-0.4, -0.2) is 38.9 Å². The van der Waals surface area contributed by atoms with Crippen molar-refractivity contribution in [3.05, 3.63) is 46.7 Å². The summed E-state index contributed by atoms with van der Waals surface area (Å²) in [5, 5.41) is 9.04. The standard InChI is InChI=1S/C15H15ClN4O/c16-12-5-3-11(4-6-12)15(21)19-7-13(8-19)20-9-14(17-18-20)10-1-2-10/h3-6,9-10,13H,1-2,7-8H2. The number of benzene rings is 1. The number of halogens is 1. The van der Waals surface area contributed by atoms with Crippen LogP contribution in [0.15, 0.2) is 30.5 Å². The minimum atomic E-state index is 0.0467. The molecule has 21 heavy (non-hydrogen) atoms. The molecule has 0 spiro atoms. The highest BCUT2D eigenvalue weighted by molar-refractivity contribution is 6.30. The summed E-state index contributed by atoms with van der Waals surface area (Å²) in [7, 11) is 0. The second-order valence-corrected chi connectivity index (χ2v) is 6.20. The lowest BCUT2D eigenvalue weighted by atomic mass is 10.1. The summed E-state index contributed by atoms with van der Waals surface area (Å²) in [4.78, 5) is 14.1. The molecule has 1 aromatic carbocycles. The first kappa shape index (κ1) is 12.8. The maximum atomic E-state index is 12.3. The summed E-state index contributed by atoms with van der Waals surface area (Å²) in [6, 6.07) is 7.26. The van der Waals surface area contributed by atoms with E-state index in [1.54, 1.807) is 24.3 Å². The monoisotopic (exact) mass is 302 g/mol. The van der Waals surface area contributed by atoms with Crippen molar-refractivity contribution in [3.8, 4) is 0 Å². The van der Waals surface area contributed by atoms with Crippen LogP contribution in [0.25, 0.3) is 0 Å². The Bertz CT molecular complexity index is 671. The Hall–Kier alpha value is -1.88. The van der Waals surface area contributed by atoms with Gasteiger partial charge in [0.25, 0.3) is 5.91 Å². The minimum Gasteiger partial charge on any atom is -0.334 e. The van der Waals surface area contributed by atoms with Crippen LogP contribution in [0.3, 0.4) is 0 Å². The molecule has 2 fully saturated rings. The van der Waals surface area contributed by atoms with E-state index >= 15 is 0 Å². The molecule has 2 heterocycles. The quantitative estimate of drug-likeness (QED) is 0.875. The highest BCUT2D eigenvalue weighted by atomic mass is 35.5. The molecule has 2 aromatic rings. The second-order valence-electron chi connectivity index (χ2n) is 5.77. The Morgan fingerprint density at radius 3 is 2.57 bits per heavy atom. The predicted octanol–water partition coefficient (Wildman–Crippen LogP) is 2.51. The average Bonchev–Trinajstić information content (AvgIpc) is 3.18. The van der Waals surface area contributed by atoms with Crippen LogP contribution in [0.2, 0.25) is 5.02 Å². The molecule has 1 saturated carbocycles. The minimum absolute atomic E-state index is 0.0467. The van der Waals surface area contributed by atoms with Crippen molar-refractivity contribution in [2.45, 2.75) is 24.8 Å². The lowest BCUT2D eigenvalue weighted by molar-refractivity contribution is 0.0498. The summed E-state index contributed by atoms with van der Waals surface area (Å²) in [5.41, 5.74) is 1.77. The number of carbonyl (C=O) groups is 1. The van der Waals surface area contributed by atoms with E-state index in [1.165, 1.54) is 12.8 Å². The van der Waals surface area contributed by atoms with E-state index in [-0.39, 0.29) is 11.9 Å². The molecule has 0 N–H and O–H groups in total. The van der Waals surface area contributed by atoms with Gasteiger partial charge in [-0.2, -0.15) is 0 Å². The number of aromatic nitrogens is 3. The molecule has 0 bridgehead atoms. The van der Waals surface area contributed by atoms with Crippen molar-refractivity contribution in [2.75, 3.05) is 13.1 Å². The lowest BCUT2D eigenvalue weighted by Crippen LogP contribution is -2.50. The summed E-state index contributed by atoms with van der Waals surface area (Å²) in [5.74, 6) is 0.663.